The number of nitrogens with two attached hydrogens (primary N) is 1. The zero-order valence-corrected chi connectivity index (χ0v) is 12.9. The van der Waals surface area contributed by atoms with Gasteiger partial charge < -0.3 is 16.0 Å². The molecule has 0 heterocycles. The number of amides is 1. The van der Waals surface area contributed by atoms with Crippen LogP contribution >= 0.6 is 0 Å². The van der Waals surface area contributed by atoms with Crippen molar-refractivity contribution < 1.29 is 4.79 Å². The molecule has 1 fully saturated rings. The van der Waals surface area contributed by atoms with Gasteiger partial charge in [-0.3, -0.25) is 4.79 Å². The van der Waals surface area contributed by atoms with E-state index in [1.165, 1.54) is 6.42 Å². The molecule has 1 amide bonds. The lowest BCUT2D eigenvalue weighted by molar-refractivity contribution is -0.126. The number of rotatable bonds is 8. The molecular formula is C15H31N3O. The number of hydrogen-bond donors (Lipinski definition) is 2. The van der Waals surface area contributed by atoms with Crippen molar-refractivity contribution in [2.24, 2.45) is 11.7 Å². The van der Waals surface area contributed by atoms with Crippen molar-refractivity contribution in [1.29, 1.82) is 0 Å². The van der Waals surface area contributed by atoms with Gasteiger partial charge in [-0.15, -0.1) is 0 Å². The predicted octanol–water partition coefficient (Wildman–Crippen LogP) is 1.74. The molecule has 1 saturated carbocycles. The van der Waals surface area contributed by atoms with E-state index in [1.54, 1.807) is 0 Å². The van der Waals surface area contributed by atoms with E-state index in [-0.39, 0.29) is 5.91 Å². The van der Waals surface area contributed by atoms with Crippen LogP contribution in [0.5, 0.6) is 0 Å². The molecule has 0 aromatic heterocycles. The highest BCUT2D eigenvalue weighted by Crippen LogP contribution is 2.34. The lowest BCUT2D eigenvalue weighted by atomic mass is 9.74. The number of primary amides is 1. The van der Waals surface area contributed by atoms with Gasteiger partial charge in [-0.1, -0.05) is 40.0 Å². The highest BCUT2D eigenvalue weighted by atomic mass is 16.1. The Balaban J connectivity index is 2.54. The van der Waals surface area contributed by atoms with E-state index in [0.29, 0.717) is 5.92 Å². The monoisotopic (exact) mass is 269 g/mol. The summed E-state index contributed by atoms with van der Waals surface area (Å²) in [4.78, 5) is 14.3. The summed E-state index contributed by atoms with van der Waals surface area (Å²) in [6, 6.07) is 0. The highest BCUT2D eigenvalue weighted by molar-refractivity contribution is 5.84. The van der Waals surface area contributed by atoms with Crippen molar-refractivity contribution in [2.45, 2.75) is 58.4 Å². The van der Waals surface area contributed by atoms with Gasteiger partial charge >= 0.3 is 0 Å². The second-order valence-electron chi connectivity index (χ2n) is 5.77. The van der Waals surface area contributed by atoms with Crippen LogP contribution in [-0.4, -0.2) is 42.5 Å². The first kappa shape index (κ1) is 16.4. The van der Waals surface area contributed by atoms with Crippen LogP contribution in [0.15, 0.2) is 0 Å². The smallest absolute Gasteiger partial charge is 0.237 e. The minimum absolute atomic E-state index is 0.162. The third-order valence-corrected chi connectivity index (χ3v) is 4.69. The van der Waals surface area contributed by atoms with Crippen LogP contribution in [0.3, 0.4) is 0 Å². The zero-order valence-electron chi connectivity index (χ0n) is 12.9. The van der Waals surface area contributed by atoms with E-state index in [2.05, 4.69) is 31.0 Å². The fourth-order valence-corrected chi connectivity index (χ4v) is 3.20. The molecule has 1 aliphatic rings. The fraction of sp³-hybridized carbons (Fsp3) is 0.933. The van der Waals surface area contributed by atoms with E-state index in [9.17, 15) is 4.79 Å². The standard InChI is InChI=1S/C15H31N3O/c1-4-13-8-7-9-15(12-13,14(16)19)17-10-11-18(5-2)6-3/h13,17H,4-12H2,1-3H3,(H2,16,19). The van der Waals surface area contributed by atoms with Gasteiger partial charge in [-0.05, 0) is 31.8 Å². The predicted molar refractivity (Wildman–Crippen MR) is 80.0 cm³/mol. The Bertz CT molecular complexity index is 279. The summed E-state index contributed by atoms with van der Waals surface area (Å²) in [6.45, 7) is 10.5. The normalized spacial score (nSPS) is 27.7. The Morgan fingerprint density at radius 3 is 2.58 bits per heavy atom. The number of likely N-dealkylation sites (N-methyl/N-ethyl adjacent to an activating group) is 1. The van der Waals surface area contributed by atoms with E-state index in [1.807, 2.05) is 0 Å². The molecule has 3 N–H and O–H groups in total. The molecule has 112 valence electrons. The van der Waals surface area contributed by atoms with Crippen molar-refractivity contribution in [3.05, 3.63) is 0 Å². The van der Waals surface area contributed by atoms with Gasteiger partial charge in [0.1, 0.15) is 0 Å². The van der Waals surface area contributed by atoms with Crippen LogP contribution in [0.1, 0.15) is 52.9 Å². The lowest BCUT2D eigenvalue weighted by Gasteiger charge is -2.39. The zero-order chi connectivity index (χ0) is 14.3. The molecule has 0 spiro atoms. The molecule has 4 heteroatoms. The Labute approximate surface area is 118 Å². The number of carbonyl (C=O) groups is 1. The molecule has 0 bridgehead atoms. The first-order valence-corrected chi connectivity index (χ1v) is 7.85. The third kappa shape index (κ3) is 4.46. The van der Waals surface area contributed by atoms with Gasteiger partial charge in [0, 0.05) is 13.1 Å². The summed E-state index contributed by atoms with van der Waals surface area (Å²) in [5.41, 5.74) is 5.23. The molecule has 0 aliphatic heterocycles. The number of hydrogen-bond acceptors (Lipinski definition) is 3. The number of carbonyl (C=O) groups excluding carboxylic acids is 1. The van der Waals surface area contributed by atoms with Crippen molar-refractivity contribution in [3.8, 4) is 0 Å². The first-order chi connectivity index (χ1) is 9.07. The van der Waals surface area contributed by atoms with Gasteiger partial charge in [-0.2, -0.15) is 0 Å². The summed E-state index contributed by atoms with van der Waals surface area (Å²) in [5.74, 6) is 0.479. The average molecular weight is 269 g/mol. The molecule has 2 unspecified atom stereocenters. The minimum atomic E-state index is -0.452. The molecule has 0 aromatic carbocycles. The molecule has 0 aromatic rings. The van der Waals surface area contributed by atoms with Crippen LogP contribution in [0.4, 0.5) is 0 Å². The van der Waals surface area contributed by atoms with E-state index in [0.717, 1.165) is 51.9 Å². The highest BCUT2D eigenvalue weighted by Gasteiger charge is 2.40. The van der Waals surface area contributed by atoms with Gasteiger partial charge in [0.2, 0.25) is 5.91 Å². The summed E-state index contributed by atoms with van der Waals surface area (Å²) in [5, 5.41) is 3.48. The van der Waals surface area contributed by atoms with Gasteiger partial charge in [0.05, 0.1) is 5.54 Å². The van der Waals surface area contributed by atoms with Gasteiger partial charge in [0.15, 0.2) is 0 Å². The van der Waals surface area contributed by atoms with Crippen LogP contribution in [0.2, 0.25) is 0 Å². The maximum Gasteiger partial charge on any atom is 0.237 e. The van der Waals surface area contributed by atoms with Gasteiger partial charge in [-0.25, -0.2) is 0 Å². The van der Waals surface area contributed by atoms with Gasteiger partial charge in [0.25, 0.3) is 0 Å². The Morgan fingerprint density at radius 2 is 2.05 bits per heavy atom. The maximum absolute atomic E-state index is 11.9. The summed E-state index contributed by atoms with van der Waals surface area (Å²) >= 11 is 0. The second kappa shape index (κ2) is 7.85. The summed E-state index contributed by atoms with van der Waals surface area (Å²) < 4.78 is 0. The van der Waals surface area contributed by atoms with E-state index < -0.39 is 5.54 Å². The topological polar surface area (TPSA) is 58.4 Å². The largest absolute Gasteiger partial charge is 0.368 e. The van der Waals surface area contributed by atoms with Crippen molar-refractivity contribution in [1.82, 2.24) is 10.2 Å². The van der Waals surface area contributed by atoms with Crippen molar-refractivity contribution >= 4 is 5.91 Å². The molecule has 0 saturated heterocycles. The molecule has 2 atom stereocenters. The van der Waals surface area contributed by atoms with E-state index in [4.69, 9.17) is 5.73 Å². The average Bonchev–Trinajstić information content (AvgIpc) is 2.43. The van der Waals surface area contributed by atoms with Crippen LogP contribution < -0.4 is 11.1 Å². The first-order valence-electron chi connectivity index (χ1n) is 7.85. The molecule has 4 nitrogen and oxygen atoms in total. The molecule has 0 radical (unpaired) electrons. The second-order valence-corrected chi connectivity index (χ2v) is 5.77. The fourth-order valence-electron chi connectivity index (χ4n) is 3.20. The molecular weight excluding hydrogens is 238 g/mol. The molecule has 1 rings (SSSR count). The Hall–Kier alpha value is -0.610. The Kier molecular flexibility index (Phi) is 6.80. The number of nitrogens with one attached hydrogen (secondary N) is 1. The minimum Gasteiger partial charge on any atom is -0.368 e. The molecule has 1 aliphatic carbocycles. The summed E-state index contributed by atoms with van der Waals surface area (Å²) in [6.07, 6.45) is 5.31. The van der Waals surface area contributed by atoms with Crippen molar-refractivity contribution in [3.63, 3.8) is 0 Å². The quantitative estimate of drug-likeness (QED) is 0.706. The van der Waals surface area contributed by atoms with Crippen LogP contribution in [0.25, 0.3) is 0 Å². The third-order valence-electron chi connectivity index (χ3n) is 4.69. The lowest BCUT2D eigenvalue weighted by Crippen LogP contribution is -2.59. The van der Waals surface area contributed by atoms with E-state index >= 15 is 0 Å². The van der Waals surface area contributed by atoms with Crippen LogP contribution in [0, 0.1) is 5.92 Å². The SMILES string of the molecule is CCC1CCCC(NCCN(CC)CC)(C(N)=O)C1. The molecule has 19 heavy (non-hydrogen) atoms. The van der Waals surface area contributed by atoms with Crippen LogP contribution in [-0.2, 0) is 4.79 Å². The number of nitrogens with zero attached hydrogens (tertiary/aromatic N) is 1. The summed E-state index contributed by atoms with van der Waals surface area (Å²) in [7, 11) is 0. The van der Waals surface area contributed by atoms with Crippen molar-refractivity contribution in [2.75, 3.05) is 26.2 Å². The maximum atomic E-state index is 11.9. The Morgan fingerprint density at radius 1 is 1.37 bits per heavy atom.